The van der Waals surface area contributed by atoms with Gasteiger partial charge in [-0.1, -0.05) is 36.4 Å². The summed E-state index contributed by atoms with van der Waals surface area (Å²) in [5, 5.41) is 0. The van der Waals surface area contributed by atoms with E-state index < -0.39 is 16.0 Å². The molecule has 0 N–H and O–H groups in total. The molecule has 0 saturated carbocycles. The molecule has 150 valence electrons. The predicted molar refractivity (Wildman–Crippen MR) is 106 cm³/mol. The zero-order chi connectivity index (χ0) is 20.1. The number of hydrogen-bond donors (Lipinski definition) is 0. The average molecular weight is 404 g/mol. The Labute approximate surface area is 166 Å². The quantitative estimate of drug-likeness (QED) is 0.694. The maximum absolute atomic E-state index is 13.0. The molecule has 2 aromatic carbocycles. The molecule has 0 unspecified atom stereocenters. The van der Waals surface area contributed by atoms with Crippen molar-refractivity contribution in [1.82, 2.24) is 4.31 Å². The van der Waals surface area contributed by atoms with Gasteiger partial charge in [0.15, 0.2) is 0 Å². The molecule has 2 atom stereocenters. The summed E-state index contributed by atoms with van der Waals surface area (Å²) in [4.78, 5) is 12.4. The summed E-state index contributed by atoms with van der Waals surface area (Å²) in [7, 11) is -3.70. The Balaban J connectivity index is 1.68. The molecule has 0 aliphatic carbocycles. The Kier molecular flexibility index (Phi) is 6.49. The molecule has 1 aliphatic rings. The van der Waals surface area contributed by atoms with Crippen LogP contribution in [0.1, 0.15) is 29.8 Å². The third-order valence-electron chi connectivity index (χ3n) is 4.56. The molecule has 1 saturated heterocycles. The van der Waals surface area contributed by atoms with Crippen molar-refractivity contribution >= 4 is 16.0 Å². The first-order chi connectivity index (χ1) is 13.4. The highest BCUT2D eigenvalue weighted by atomic mass is 32.2. The van der Waals surface area contributed by atoms with Gasteiger partial charge in [-0.25, -0.2) is 13.2 Å². The maximum Gasteiger partial charge on any atom is 0.338 e. The van der Waals surface area contributed by atoms with Gasteiger partial charge in [0.1, 0.15) is 0 Å². The van der Waals surface area contributed by atoms with Gasteiger partial charge < -0.3 is 9.47 Å². The molecule has 2 aromatic rings. The number of morpholine rings is 1. The molecule has 28 heavy (non-hydrogen) atoms. The van der Waals surface area contributed by atoms with Crippen LogP contribution in [0, 0.1) is 0 Å². The number of sulfonamides is 1. The zero-order valence-corrected chi connectivity index (χ0v) is 16.9. The Hall–Kier alpha value is -2.22. The first-order valence-corrected chi connectivity index (χ1v) is 10.8. The number of hydrogen-bond acceptors (Lipinski definition) is 5. The van der Waals surface area contributed by atoms with Crippen molar-refractivity contribution in [3.05, 3.63) is 65.7 Å². The van der Waals surface area contributed by atoms with Gasteiger partial charge in [0.25, 0.3) is 0 Å². The maximum atomic E-state index is 13.0. The van der Waals surface area contributed by atoms with Crippen molar-refractivity contribution in [1.29, 1.82) is 0 Å². The van der Waals surface area contributed by atoms with Crippen LogP contribution in [0.2, 0.25) is 0 Å². The zero-order valence-electron chi connectivity index (χ0n) is 16.1. The van der Waals surface area contributed by atoms with Crippen LogP contribution in [0.4, 0.5) is 0 Å². The van der Waals surface area contributed by atoms with Crippen LogP contribution in [-0.4, -0.2) is 50.6 Å². The SMILES string of the molecule is C[C@@H]1CN(S(=O)(=O)c2cccc(C(=O)OCCc3ccccc3)c2)C[C@H](C)O1. The first-order valence-electron chi connectivity index (χ1n) is 9.33. The van der Waals surface area contributed by atoms with E-state index in [0.29, 0.717) is 19.5 Å². The van der Waals surface area contributed by atoms with Gasteiger partial charge in [-0.3, -0.25) is 0 Å². The highest BCUT2D eigenvalue weighted by Crippen LogP contribution is 2.22. The molecular weight excluding hydrogens is 378 g/mol. The second-order valence-electron chi connectivity index (χ2n) is 6.98. The molecule has 0 amide bonds. The van der Waals surface area contributed by atoms with Crippen LogP contribution in [0.15, 0.2) is 59.5 Å². The summed E-state index contributed by atoms with van der Waals surface area (Å²) in [6, 6.07) is 15.7. The molecule has 1 heterocycles. The molecule has 0 bridgehead atoms. The number of rotatable bonds is 6. The molecule has 0 aromatic heterocycles. The van der Waals surface area contributed by atoms with Crippen molar-refractivity contribution < 1.29 is 22.7 Å². The van der Waals surface area contributed by atoms with Crippen LogP contribution in [0.5, 0.6) is 0 Å². The topological polar surface area (TPSA) is 72.9 Å². The standard InChI is InChI=1S/C21H25NO5S/c1-16-14-22(15-17(2)27-16)28(24,25)20-10-6-9-19(13-20)21(23)26-12-11-18-7-4-3-5-8-18/h3-10,13,16-17H,11-12,14-15H2,1-2H3/t16-,17+. The van der Waals surface area contributed by atoms with Gasteiger partial charge in [0.2, 0.25) is 10.0 Å². The molecule has 1 aliphatic heterocycles. The van der Waals surface area contributed by atoms with E-state index in [9.17, 15) is 13.2 Å². The van der Waals surface area contributed by atoms with Gasteiger partial charge >= 0.3 is 5.97 Å². The van der Waals surface area contributed by atoms with E-state index in [-0.39, 0.29) is 29.3 Å². The van der Waals surface area contributed by atoms with Crippen LogP contribution in [0.25, 0.3) is 0 Å². The van der Waals surface area contributed by atoms with Crippen molar-refractivity contribution in [2.45, 2.75) is 37.4 Å². The second kappa shape index (κ2) is 8.86. The second-order valence-corrected chi connectivity index (χ2v) is 8.92. The van der Waals surface area contributed by atoms with E-state index in [2.05, 4.69) is 0 Å². The lowest BCUT2D eigenvalue weighted by atomic mass is 10.2. The molecule has 3 rings (SSSR count). The Morgan fingerprint density at radius 3 is 2.43 bits per heavy atom. The molecule has 0 spiro atoms. The van der Waals surface area contributed by atoms with Crippen LogP contribution in [-0.2, 0) is 25.9 Å². The molecule has 1 fully saturated rings. The van der Waals surface area contributed by atoms with Crippen molar-refractivity contribution in [2.24, 2.45) is 0 Å². The molecule has 6 nitrogen and oxygen atoms in total. The summed E-state index contributed by atoms with van der Waals surface area (Å²) in [6.07, 6.45) is 0.253. The molecule has 0 radical (unpaired) electrons. The number of benzene rings is 2. The van der Waals surface area contributed by atoms with Crippen LogP contribution < -0.4 is 0 Å². The van der Waals surface area contributed by atoms with E-state index >= 15 is 0 Å². The monoisotopic (exact) mass is 403 g/mol. The predicted octanol–water partition coefficient (Wildman–Crippen LogP) is 2.88. The van der Waals surface area contributed by atoms with Gasteiger partial charge in [0.05, 0.1) is 29.3 Å². The average Bonchev–Trinajstić information content (AvgIpc) is 2.68. The minimum Gasteiger partial charge on any atom is -0.462 e. The van der Waals surface area contributed by atoms with Gasteiger partial charge in [-0.15, -0.1) is 0 Å². The number of carbonyl (C=O) groups is 1. The molecular formula is C21H25NO5S. The normalized spacial score (nSPS) is 20.6. The fourth-order valence-electron chi connectivity index (χ4n) is 3.25. The number of nitrogens with zero attached hydrogens (tertiary/aromatic N) is 1. The third kappa shape index (κ3) is 4.98. The summed E-state index contributed by atoms with van der Waals surface area (Å²) < 4.78 is 38.3. The Morgan fingerprint density at radius 2 is 1.75 bits per heavy atom. The third-order valence-corrected chi connectivity index (χ3v) is 6.39. The minimum absolute atomic E-state index is 0.0892. The van der Waals surface area contributed by atoms with E-state index in [1.54, 1.807) is 12.1 Å². The lowest BCUT2D eigenvalue weighted by Gasteiger charge is -2.34. The Bertz CT molecular complexity index is 903. The fraction of sp³-hybridized carbons (Fsp3) is 0.381. The Morgan fingerprint density at radius 1 is 1.07 bits per heavy atom. The highest BCUT2D eigenvalue weighted by Gasteiger charge is 2.32. The van der Waals surface area contributed by atoms with E-state index in [1.165, 1.54) is 16.4 Å². The number of esters is 1. The number of carbonyl (C=O) groups excluding carboxylic acids is 1. The summed E-state index contributed by atoms with van der Waals surface area (Å²) in [5.41, 5.74) is 1.30. The number of ether oxygens (including phenoxy) is 2. The highest BCUT2D eigenvalue weighted by molar-refractivity contribution is 7.89. The molecule has 7 heteroatoms. The van der Waals surface area contributed by atoms with E-state index in [1.807, 2.05) is 44.2 Å². The van der Waals surface area contributed by atoms with Crippen molar-refractivity contribution in [3.63, 3.8) is 0 Å². The largest absolute Gasteiger partial charge is 0.462 e. The van der Waals surface area contributed by atoms with Gasteiger partial charge in [0, 0.05) is 19.5 Å². The fourth-order valence-corrected chi connectivity index (χ4v) is 4.89. The lowest BCUT2D eigenvalue weighted by molar-refractivity contribution is -0.0440. The summed E-state index contributed by atoms with van der Waals surface area (Å²) >= 11 is 0. The summed E-state index contributed by atoms with van der Waals surface area (Å²) in [5.74, 6) is -0.531. The van der Waals surface area contributed by atoms with E-state index in [0.717, 1.165) is 5.56 Å². The minimum atomic E-state index is -3.70. The first kappa shape index (κ1) is 20.5. The lowest BCUT2D eigenvalue weighted by Crippen LogP contribution is -2.48. The van der Waals surface area contributed by atoms with Gasteiger partial charge in [-0.2, -0.15) is 4.31 Å². The van der Waals surface area contributed by atoms with Crippen LogP contribution >= 0.6 is 0 Å². The van der Waals surface area contributed by atoms with Gasteiger partial charge in [-0.05, 0) is 37.6 Å². The van der Waals surface area contributed by atoms with E-state index in [4.69, 9.17) is 9.47 Å². The smallest absolute Gasteiger partial charge is 0.338 e. The van der Waals surface area contributed by atoms with Crippen molar-refractivity contribution in [3.8, 4) is 0 Å². The van der Waals surface area contributed by atoms with Crippen molar-refractivity contribution in [2.75, 3.05) is 19.7 Å². The van der Waals surface area contributed by atoms with Crippen LogP contribution in [0.3, 0.4) is 0 Å². The summed E-state index contributed by atoms with van der Waals surface area (Å²) in [6.45, 7) is 4.51.